The Hall–Kier alpha value is -0.940. The Bertz CT molecular complexity index is 478. The lowest BCUT2D eigenvalue weighted by atomic mass is 10.1. The van der Waals surface area contributed by atoms with Crippen LogP contribution in [0.3, 0.4) is 0 Å². The molecule has 1 aliphatic heterocycles. The maximum absolute atomic E-state index is 8.82. The molecule has 0 radical (unpaired) electrons. The van der Waals surface area contributed by atoms with E-state index in [2.05, 4.69) is 16.0 Å². The first kappa shape index (κ1) is 16.1. The molecule has 19 heavy (non-hydrogen) atoms. The van der Waals surface area contributed by atoms with Gasteiger partial charge >= 0.3 is 0 Å². The number of guanidine groups is 1. The number of hydrogen-bond acceptors (Lipinski definition) is 3. The smallest absolute Gasteiger partial charge is 0.191 e. The van der Waals surface area contributed by atoms with Crippen molar-refractivity contribution < 1.29 is 0 Å². The second-order valence-electron chi connectivity index (χ2n) is 4.09. The quantitative estimate of drug-likeness (QED) is 0.479. The van der Waals surface area contributed by atoms with Gasteiger partial charge in [-0.1, -0.05) is 12.1 Å². The third-order valence-corrected chi connectivity index (χ3v) is 3.76. The summed E-state index contributed by atoms with van der Waals surface area (Å²) < 4.78 is 0. The summed E-state index contributed by atoms with van der Waals surface area (Å²) in [4.78, 5) is 6.51. The summed E-state index contributed by atoms with van der Waals surface area (Å²) in [6.45, 7) is 2.47. The number of benzene rings is 1. The molecule has 2 rings (SSSR count). The Kier molecular flexibility index (Phi) is 7.02. The fourth-order valence-electron chi connectivity index (χ4n) is 1.80. The van der Waals surface area contributed by atoms with Crippen molar-refractivity contribution in [2.75, 3.05) is 24.6 Å². The van der Waals surface area contributed by atoms with Crippen LogP contribution in [0.2, 0.25) is 0 Å². The molecule has 0 saturated carbocycles. The first-order valence-electron chi connectivity index (χ1n) is 5.91. The predicted molar refractivity (Wildman–Crippen MR) is 90.8 cm³/mol. The Morgan fingerprint density at radius 3 is 2.84 bits per heavy atom. The second kappa shape index (κ2) is 8.27. The number of aliphatic imine (C=N–C) groups is 1. The molecule has 1 saturated heterocycles. The van der Waals surface area contributed by atoms with Crippen molar-refractivity contribution in [3.63, 3.8) is 0 Å². The first-order valence-corrected chi connectivity index (χ1v) is 7.07. The minimum absolute atomic E-state index is 0. The fourth-order valence-corrected chi connectivity index (χ4v) is 2.71. The van der Waals surface area contributed by atoms with Crippen molar-refractivity contribution in [1.29, 1.82) is 5.26 Å². The summed E-state index contributed by atoms with van der Waals surface area (Å²) in [5.74, 6) is 2.83. The lowest BCUT2D eigenvalue weighted by Crippen LogP contribution is -2.42. The van der Waals surface area contributed by atoms with Crippen molar-refractivity contribution in [2.24, 2.45) is 10.7 Å². The Morgan fingerprint density at radius 2 is 2.16 bits per heavy atom. The molecule has 0 spiro atoms. The molecule has 4 nitrogen and oxygen atoms in total. The van der Waals surface area contributed by atoms with Crippen LogP contribution in [0.1, 0.15) is 11.1 Å². The third kappa shape index (κ3) is 4.91. The van der Waals surface area contributed by atoms with Gasteiger partial charge in [0.25, 0.3) is 0 Å². The average Bonchev–Trinajstić information content (AvgIpc) is 2.46. The largest absolute Gasteiger partial charge is 0.370 e. The highest BCUT2D eigenvalue weighted by atomic mass is 127. The van der Waals surface area contributed by atoms with Gasteiger partial charge in [0.05, 0.1) is 18.2 Å². The number of nitrogens with two attached hydrogens (primary N) is 1. The molecule has 1 heterocycles. The lowest BCUT2D eigenvalue weighted by Gasteiger charge is -2.27. The van der Waals surface area contributed by atoms with Gasteiger partial charge in [0.1, 0.15) is 0 Å². The molecular weight excluding hydrogens is 371 g/mol. The molecule has 0 atom stereocenters. The number of nitriles is 1. The van der Waals surface area contributed by atoms with Crippen molar-refractivity contribution in [2.45, 2.75) is 6.54 Å². The van der Waals surface area contributed by atoms with Crippen LogP contribution >= 0.6 is 35.7 Å². The van der Waals surface area contributed by atoms with Crippen LogP contribution < -0.4 is 5.73 Å². The molecule has 1 aromatic rings. The zero-order valence-electron chi connectivity index (χ0n) is 10.6. The van der Waals surface area contributed by atoms with Gasteiger partial charge in [-0.25, -0.2) is 4.99 Å². The van der Waals surface area contributed by atoms with E-state index in [9.17, 15) is 0 Å². The normalized spacial score (nSPS) is 15.5. The van der Waals surface area contributed by atoms with Gasteiger partial charge in [0, 0.05) is 24.6 Å². The van der Waals surface area contributed by atoms with Gasteiger partial charge in [0.15, 0.2) is 5.96 Å². The second-order valence-corrected chi connectivity index (χ2v) is 5.31. The van der Waals surface area contributed by atoms with E-state index in [-0.39, 0.29) is 24.0 Å². The maximum atomic E-state index is 8.82. The molecule has 0 unspecified atom stereocenters. The molecule has 1 aromatic carbocycles. The topological polar surface area (TPSA) is 65.4 Å². The number of hydrogen-bond donors (Lipinski definition) is 1. The highest BCUT2D eigenvalue weighted by molar-refractivity contribution is 14.0. The fraction of sp³-hybridized carbons (Fsp3) is 0.385. The van der Waals surface area contributed by atoms with E-state index in [4.69, 9.17) is 11.0 Å². The Morgan fingerprint density at radius 1 is 1.42 bits per heavy atom. The van der Waals surface area contributed by atoms with Crippen molar-refractivity contribution >= 4 is 41.7 Å². The Balaban J connectivity index is 0.00000180. The van der Waals surface area contributed by atoms with Gasteiger partial charge < -0.3 is 10.6 Å². The zero-order chi connectivity index (χ0) is 12.8. The highest BCUT2D eigenvalue weighted by Crippen LogP contribution is 2.09. The maximum Gasteiger partial charge on any atom is 0.191 e. The average molecular weight is 388 g/mol. The molecule has 102 valence electrons. The van der Waals surface area contributed by atoms with Gasteiger partial charge in [-0.15, -0.1) is 24.0 Å². The minimum Gasteiger partial charge on any atom is -0.370 e. The van der Waals surface area contributed by atoms with Crippen LogP contribution in [0.25, 0.3) is 0 Å². The number of nitrogens with zero attached hydrogens (tertiary/aromatic N) is 3. The summed E-state index contributed by atoms with van der Waals surface area (Å²) in [5, 5.41) is 8.82. The molecule has 0 aliphatic carbocycles. The summed E-state index contributed by atoms with van der Waals surface area (Å²) in [6.07, 6.45) is 0. The Labute approximate surface area is 135 Å². The van der Waals surface area contributed by atoms with Gasteiger partial charge in [-0.05, 0) is 17.7 Å². The number of thioether (sulfide) groups is 1. The SMILES string of the molecule is I.N#Cc1cccc(CN=C(N)N2CCSCC2)c1. The van der Waals surface area contributed by atoms with Crippen LogP contribution in [0.15, 0.2) is 29.3 Å². The number of halogens is 1. The van der Waals surface area contributed by atoms with E-state index in [1.165, 1.54) is 0 Å². The summed E-state index contributed by atoms with van der Waals surface area (Å²) >= 11 is 1.95. The van der Waals surface area contributed by atoms with E-state index in [1.54, 1.807) is 6.07 Å². The molecule has 0 aromatic heterocycles. The molecule has 1 aliphatic rings. The lowest BCUT2D eigenvalue weighted by molar-refractivity contribution is 0.455. The van der Waals surface area contributed by atoms with Crippen LogP contribution in [0, 0.1) is 11.3 Å². The van der Waals surface area contributed by atoms with Gasteiger partial charge in [-0.2, -0.15) is 17.0 Å². The number of rotatable bonds is 2. The molecule has 0 amide bonds. The van der Waals surface area contributed by atoms with Crippen molar-refractivity contribution in [3.8, 4) is 6.07 Å². The van der Waals surface area contributed by atoms with Gasteiger partial charge in [-0.3, -0.25) is 0 Å². The molecule has 2 N–H and O–H groups in total. The van der Waals surface area contributed by atoms with E-state index in [0.717, 1.165) is 30.2 Å². The molecule has 6 heteroatoms. The molecule has 0 bridgehead atoms. The minimum atomic E-state index is 0. The van der Waals surface area contributed by atoms with Gasteiger partial charge in [0.2, 0.25) is 0 Å². The van der Waals surface area contributed by atoms with Crippen LogP contribution in [-0.4, -0.2) is 35.5 Å². The van der Waals surface area contributed by atoms with E-state index < -0.39 is 0 Å². The van der Waals surface area contributed by atoms with E-state index >= 15 is 0 Å². The summed E-state index contributed by atoms with van der Waals surface area (Å²) in [5.41, 5.74) is 7.65. The third-order valence-electron chi connectivity index (χ3n) is 2.81. The van der Waals surface area contributed by atoms with E-state index in [1.807, 2.05) is 30.0 Å². The zero-order valence-corrected chi connectivity index (χ0v) is 13.7. The summed E-state index contributed by atoms with van der Waals surface area (Å²) in [7, 11) is 0. The standard InChI is InChI=1S/C13H16N4S.HI/c14-9-11-2-1-3-12(8-11)10-16-13(15)17-4-6-18-7-5-17;/h1-3,8H,4-7,10H2,(H2,15,16);1H. The highest BCUT2D eigenvalue weighted by Gasteiger charge is 2.11. The first-order chi connectivity index (χ1) is 8.79. The monoisotopic (exact) mass is 388 g/mol. The van der Waals surface area contributed by atoms with Crippen molar-refractivity contribution in [1.82, 2.24) is 4.90 Å². The van der Waals surface area contributed by atoms with Crippen molar-refractivity contribution in [3.05, 3.63) is 35.4 Å². The predicted octanol–water partition coefficient (Wildman–Crippen LogP) is 2.04. The molecular formula is C13H17IN4S. The van der Waals surface area contributed by atoms with Crippen LogP contribution in [0.5, 0.6) is 0 Å². The van der Waals surface area contributed by atoms with Crippen LogP contribution in [0.4, 0.5) is 0 Å². The van der Waals surface area contributed by atoms with E-state index in [0.29, 0.717) is 18.1 Å². The summed E-state index contributed by atoms with van der Waals surface area (Å²) in [6, 6.07) is 9.60. The molecule has 1 fully saturated rings. The van der Waals surface area contributed by atoms with Crippen LogP contribution in [-0.2, 0) is 6.54 Å².